The third-order valence-corrected chi connectivity index (χ3v) is 4.77. The predicted molar refractivity (Wildman–Crippen MR) is 84.0 cm³/mol. The maximum atomic E-state index is 12.1. The minimum atomic E-state index is -3.72. The zero-order chi connectivity index (χ0) is 16.5. The lowest BCUT2D eigenvalue weighted by atomic mass is 9.69. The van der Waals surface area contributed by atoms with E-state index in [9.17, 15) is 13.2 Å². The average Bonchev–Trinajstić information content (AvgIpc) is 2.06. The quantitative estimate of drug-likeness (QED) is 0.799. The fourth-order valence-corrected chi connectivity index (χ4v) is 4.72. The molecule has 0 aliphatic heterocycles. The van der Waals surface area contributed by atoms with E-state index in [4.69, 9.17) is 15.4 Å². The zero-order valence-corrected chi connectivity index (χ0v) is 15.0. The van der Waals surface area contributed by atoms with Crippen LogP contribution in [0.25, 0.3) is 0 Å². The molecule has 0 aromatic heterocycles. The summed E-state index contributed by atoms with van der Waals surface area (Å²) in [6, 6.07) is 0. The van der Waals surface area contributed by atoms with Gasteiger partial charge in [0.1, 0.15) is 5.60 Å². The lowest BCUT2D eigenvalue weighted by Crippen LogP contribution is -2.57. The molecule has 1 saturated carbocycles. The van der Waals surface area contributed by atoms with Crippen molar-refractivity contribution >= 4 is 25.8 Å². The molecule has 1 rings (SSSR count). The second-order valence-corrected chi connectivity index (χ2v) is 10.6. The molecule has 1 aliphatic rings. The molecule has 0 spiro atoms. The largest absolute Gasteiger partial charge is 0.444 e. The third kappa shape index (κ3) is 6.87. The Bertz CT molecular complexity index is 496. The van der Waals surface area contributed by atoms with Crippen LogP contribution in [-0.4, -0.2) is 31.4 Å². The maximum Gasteiger partial charge on any atom is 0.408 e. The third-order valence-electron chi connectivity index (χ3n) is 3.54. The first-order valence-electron chi connectivity index (χ1n) is 7.16. The van der Waals surface area contributed by atoms with Crippen molar-refractivity contribution in [3.8, 4) is 0 Å². The molecule has 5 nitrogen and oxygen atoms in total. The Kier molecular flexibility index (Phi) is 5.26. The van der Waals surface area contributed by atoms with Crippen LogP contribution in [0.15, 0.2) is 0 Å². The number of hydrogen-bond acceptors (Lipinski definition) is 4. The standard InChI is InChI=1S/C14H26ClNO4S/c1-12(2,3)20-11(17)16-14(10-21(15,18)19)8-6-7-13(4,5)9-14/h6-10H2,1-5H3,(H,16,17). The topological polar surface area (TPSA) is 72.5 Å². The highest BCUT2D eigenvalue weighted by Gasteiger charge is 2.44. The van der Waals surface area contributed by atoms with Gasteiger partial charge in [-0.1, -0.05) is 20.3 Å². The fourth-order valence-electron chi connectivity index (χ4n) is 3.11. The SMILES string of the molecule is CC1(C)CCCC(CS(=O)(=O)Cl)(NC(=O)OC(C)(C)C)C1. The second kappa shape index (κ2) is 5.95. The molecule has 1 aliphatic carbocycles. The summed E-state index contributed by atoms with van der Waals surface area (Å²) in [5.74, 6) is -0.274. The number of alkyl carbamates (subject to hydrolysis) is 1. The van der Waals surface area contributed by atoms with Crippen LogP contribution in [0.2, 0.25) is 0 Å². The van der Waals surface area contributed by atoms with Crippen molar-refractivity contribution in [2.45, 2.75) is 71.4 Å². The number of halogens is 1. The summed E-state index contributed by atoms with van der Waals surface area (Å²) in [6.07, 6.45) is 2.38. The Labute approximate surface area is 132 Å². The van der Waals surface area contributed by atoms with Gasteiger partial charge in [-0.3, -0.25) is 0 Å². The highest BCUT2D eigenvalue weighted by Crippen LogP contribution is 2.42. The van der Waals surface area contributed by atoms with Crippen molar-refractivity contribution < 1.29 is 17.9 Å². The highest BCUT2D eigenvalue weighted by molar-refractivity contribution is 8.13. The number of hydrogen-bond donors (Lipinski definition) is 1. The molecule has 7 heteroatoms. The van der Waals surface area contributed by atoms with Crippen molar-refractivity contribution in [1.82, 2.24) is 5.32 Å². The molecule has 0 aromatic rings. The summed E-state index contributed by atoms with van der Waals surface area (Å²) >= 11 is 0. The summed E-state index contributed by atoms with van der Waals surface area (Å²) in [5.41, 5.74) is -1.53. The Morgan fingerprint density at radius 3 is 2.29 bits per heavy atom. The van der Waals surface area contributed by atoms with Crippen molar-refractivity contribution in [3.05, 3.63) is 0 Å². The van der Waals surface area contributed by atoms with Gasteiger partial charge in [-0.25, -0.2) is 13.2 Å². The Hall–Kier alpha value is -0.490. The molecular weight excluding hydrogens is 314 g/mol. The van der Waals surface area contributed by atoms with Crippen molar-refractivity contribution in [2.24, 2.45) is 5.41 Å². The molecule has 0 heterocycles. The molecule has 1 N–H and O–H groups in total. The molecule has 1 fully saturated rings. The van der Waals surface area contributed by atoms with Crippen molar-refractivity contribution in [1.29, 1.82) is 0 Å². The molecule has 0 saturated heterocycles. The monoisotopic (exact) mass is 339 g/mol. The summed E-state index contributed by atoms with van der Waals surface area (Å²) in [4.78, 5) is 12.1. The summed E-state index contributed by atoms with van der Waals surface area (Å²) in [5, 5.41) is 2.78. The van der Waals surface area contributed by atoms with Gasteiger partial charge < -0.3 is 10.1 Å². The summed E-state index contributed by atoms with van der Waals surface area (Å²) in [6.45, 7) is 9.43. The van der Waals surface area contributed by atoms with Gasteiger partial charge in [-0.2, -0.15) is 0 Å². The smallest absolute Gasteiger partial charge is 0.408 e. The van der Waals surface area contributed by atoms with Crippen LogP contribution in [0.4, 0.5) is 4.79 Å². The van der Waals surface area contributed by atoms with E-state index in [1.165, 1.54) is 0 Å². The Morgan fingerprint density at radius 1 is 1.29 bits per heavy atom. The molecule has 0 aromatic carbocycles. The van der Waals surface area contributed by atoms with Gasteiger partial charge in [0.2, 0.25) is 9.05 Å². The van der Waals surface area contributed by atoms with Gasteiger partial charge in [0.25, 0.3) is 0 Å². The van der Waals surface area contributed by atoms with Gasteiger partial charge >= 0.3 is 6.09 Å². The van der Waals surface area contributed by atoms with Gasteiger partial charge in [-0.05, 0) is 45.4 Å². The van der Waals surface area contributed by atoms with Crippen LogP contribution in [0, 0.1) is 5.41 Å². The van der Waals surface area contributed by atoms with E-state index in [0.717, 1.165) is 12.8 Å². The van der Waals surface area contributed by atoms with Crippen LogP contribution < -0.4 is 5.32 Å². The molecule has 21 heavy (non-hydrogen) atoms. The van der Waals surface area contributed by atoms with Crippen LogP contribution >= 0.6 is 10.7 Å². The van der Waals surface area contributed by atoms with Gasteiger partial charge in [-0.15, -0.1) is 0 Å². The Balaban J connectivity index is 2.95. The maximum absolute atomic E-state index is 12.1. The summed E-state index contributed by atoms with van der Waals surface area (Å²) < 4.78 is 28.4. The van der Waals surface area contributed by atoms with Crippen LogP contribution in [0.1, 0.15) is 60.3 Å². The Morgan fingerprint density at radius 2 is 1.86 bits per heavy atom. The van der Waals surface area contributed by atoms with E-state index >= 15 is 0 Å². The number of carbonyl (C=O) groups excluding carboxylic acids is 1. The van der Waals surface area contributed by atoms with E-state index < -0.39 is 26.3 Å². The van der Waals surface area contributed by atoms with Gasteiger partial charge in [0.05, 0.1) is 11.3 Å². The van der Waals surface area contributed by atoms with Gasteiger partial charge in [0.15, 0.2) is 0 Å². The van der Waals surface area contributed by atoms with E-state index in [-0.39, 0.29) is 11.2 Å². The number of carbonyl (C=O) groups is 1. The minimum absolute atomic E-state index is 0.0468. The lowest BCUT2D eigenvalue weighted by molar-refractivity contribution is 0.0385. The zero-order valence-electron chi connectivity index (χ0n) is 13.5. The first kappa shape index (κ1) is 18.6. The van der Waals surface area contributed by atoms with E-state index in [0.29, 0.717) is 12.8 Å². The second-order valence-electron chi connectivity index (χ2n) is 7.78. The first-order chi connectivity index (χ1) is 9.22. The fraction of sp³-hybridized carbons (Fsp3) is 0.929. The van der Waals surface area contributed by atoms with Crippen LogP contribution in [-0.2, 0) is 13.8 Å². The predicted octanol–water partition coefficient (Wildman–Crippen LogP) is 3.42. The average molecular weight is 340 g/mol. The molecule has 0 bridgehead atoms. The van der Waals surface area contributed by atoms with E-state index in [1.54, 1.807) is 20.8 Å². The summed E-state index contributed by atoms with van der Waals surface area (Å²) in [7, 11) is 1.73. The molecule has 1 atom stereocenters. The van der Waals surface area contributed by atoms with Crippen LogP contribution in [0.5, 0.6) is 0 Å². The van der Waals surface area contributed by atoms with E-state index in [1.807, 2.05) is 0 Å². The normalized spacial score (nSPS) is 26.2. The minimum Gasteiger partial charge on any atom is -0.444 e. The molecule has 124 valence electrons. The number of ether oxygens (including phenoxy) is 1. The molecular formula is C14H26ClNO4S. The van der Waals surface area contributed by atoms with Gasteiger partial charge in [0, 0.05) is 10.7 Å². The number of nitrogens with one attached hydrogen (secondary N) is 1. The highest BCUT2D eigenvalue weighted by atomic mass is 35.7. The van der Waals surface area contributed by atoms with Crippen molar-refractivity contribution in [3.63, 3.8) is 0 Å². The number of amides is 1. The molecule has 1 amide bonds. The van der Waals surface area contributed by atoms with E-state index in [2.05, 4.69) is 19.2 Å². The first-order valence-corrected chi connectivity index (χ1v) is 9.63. The molecule has 0 radical (unpaired) electrons. The van der Waals surface area contributed by atoms with Crippen molar-refractivity contribution in [2.75, 3.05) is 5.75 Å². The lowest BCUT2D eigenvalue weighted by Gasteiger charge is -2.44. The van der Waals surface area contributed by atoms with Crippen LogP contribution in [0.3, 0.4) is 0 Å². The molecule has 1 unspecified atom stereocenters. The number of rotatable bonds is 3.